The van der Waals surface area contributed by atoms with Gasteiger partial charge in [-0.2, -0.15) is 0 Å². The Morgan fingerprint density at radius 1 is 0.939 bits per heavy atom. The summed E-state index contributed by atoms with van der Waals surface area (Å²) in [6, 6.07) is 13.0. The van der Waals surface area contributed by atoms with E-state index in [2.05, 4.69) is 32.0 Å². The van der Waals surface area contributed by atoms with Crippen LogP contribution < -0.4 is 21.1 Å². The van der Waals surface area contributed by atoms with Crippen molar-refractivity contribution in [3.05, 3.63) is 72.8 Å². The number of fused-ring (bicyclic) bond motifs is 1. The molecule has 33 heavy (non-hydrogen) atoms. The molecular formula is C25H24N6O2. The minimum absolute atomic E-state index is 0.116. The molecule has 4 N–H and O–H groups in total. The molecule has 166 valence electrons. The van der Waals surface area contributed by atoms with Crippen molar-refractivity contribution in [2.75, 3.05) is 23.7 Å². The number of pyridine rings is 3. The number of nitrogens with zero attached hydrogens (tertiary/aromatic N) is 4. The molecule has 1 fully saturated rings. The van der Waals surface area contributed by atoms with Crippen LogP contribution in [0.3, 0.4) is 0 Å². The second kappa shape index (κ2) is 8.74. The van der Waals surface area contributed by atoms with Gasteiger partial charge in [0, 0.05) is 66.6 Å². The number of primary amides is 1. The van der Waals surface area contributed by atoms with E-state index in [1.54, 1.807) is 36.7 Å². The van der Waals surface area contributed by atoms with Gasteiger partial charge in [0.1, 0.15) is 17.7 Å². The van der Waals surface area contributed by atoms with E-state index in [0.29, 0.717) is 11.3 Å². The van der Waals surface area contributed by atoms with Crippen molar-refractivity contribution >= 4 is 28.3 Å². The van der Waals surface area contributed by atoms with Crippen molar-refractivity contribution in [1.29, 1.82) is 0 Å². The topological polar surface area (TPSA) is 120 Å². The number of anilines is 2. The summed E-state index contributed by atoms with van der Waals surface area (Å²) >= 11 is 0. The molecule has 1 aliphatic heterocycles. The number of hydrogen-bond donors (Lipinski definition) is 2. The number of nitrogens with two attached hydrogens (primary N) is 2. The zero-order valence-corrected chi connectivity index (χ0v) is 18.0. The van der Waals surface area contributed by atoms with Gasteiger partial charge in [-0.25, -0.2) is 4.98 Å². The van der Waals surface area contributed by atoms with Crippen LogP contribution in [0.15, 0.2) is 67.3 Å². The fourth-order valence-electron chi connectivity index (χ4n) is 4.06. The van der Waals surface area contributed by atoms with Crippen LogP contribution in [0.2, 0.25) is 0 Å². The Morgan fingerprint density at radius 3 is 2.42 bits per heavy atom. The highest BCUT2D eigenvalue weighted by atomic mass is 16.5. The molecule has 1 amide bonds. The molecule has 4 heterocycles. The summed E-state index contributed by atoms with van der Waals surface area (Å²) in [5.74, 6) is 1.23. The number of ether oxygens (including phenoxy) is 1. The van der Waals surface area contributed by atoms with Crippen LogP contribution in [0.1, 0.15) is 23.2 Å². The lowest BCUT2D eigenvalue weighted by Gasteiger charge is -2.33. The van der Waals surface area contributed by atoms with E-state index in [0.717, 1.165) is 59.5 Å². The van der Waals surface area contributed by atoms with Gasteiger partial charge in [-0.15, -0.1) is 0 Å². The van der Waals surface area contributed by atoms with Crippen molar-refractivity contribution in [1.82, 2.24) is 15.0 Å². The molecule has 8 heteroatoms. The number of hydrogen-bond acceptors (Lipinski definition) is 7. The van der Waals surface area contributed by atoms with Crippen molar-refractivity contribution in [2.24, 2.45) is 5.73 Å². The molecule has 3 aromatic heterocycles. The predicted octanol–water partition coefficient (Wildman–Crippen LogP) is 3.42. The smallest absolute Gasteiger partial charge is 0.248 e. The number of aromatic nitrogens is 3. The van der Waals surface area contributed by atoms with Crippen LogP contribution >= 0.6 is 0 Å². The molecule has 0 radical (unpaired) electrons. The Hall–Kier alpha value is -4.20. The van der Waals surface area contributed by atoms with Gasteiger partial charge in [-0.3, -0.25) is 14.8 Å². The minimum atomic E-state index is -0.440. The highest BCUT2D eigenvalue weighted by molar-refractivity contribution is 5.92. The average molecular weight is 441 g/mol. The first-order chi connectivity index (χ1) is 16.0. The molecular weight excluding hydrogens is 416 g/mol. The number of nitrogen functional groups attached to an aromatic ring is 1. The summed E-state index contributed by atoms with van der Waals surface area (Å²) in [6.45, 7) is 1.68. The Morgan fingerprint density at radius 2 is 1.70 bits per heavy atom. The molecule has 8 nitrogen and oxygen atoms in total. The first kappa shape index (κ1) is 20.7. The Kier molecular flexibility index (Phi) is 5.48. The van der Waals surface area contributed by atoms with Crippen LogP contribution in [0, 0.1) is 0 Å². The van der Waals surface area contributed by atoms with Gasteiger partial charge in [-0.05, 0) is 42.5 Å². The number of carbonyl (C=O) groups is 1. The monoisotopic (exact) mass is 440 g/mol. The Balaban J connectivity index is 1.27. The fraction of sp³-hybridized carbons (Fsp3) is 0.200. The summed E-state index contributed by atoms with van der Waals surface area (Å²) in [6.07, 6.45) is 8.92. The van der Waals surface area contributed by atoms with Gasteiger partial charge in [0.2, 0.25) is 5.91 Å². The lowest BCUT2D eigenvalue weighted by molar-refractivity contribution is 0.1000. The summed E-state index contributed by atoms with van der Waals surface area (Å²) in [7, 11) is 0. The highest BCUT2D eigenvalue weighted by Crippen LogP contribution is 2.27. The zero-order chi connectivity index (χ0) is 22.8. The molecule has 0 atom stereocenters. The Bertz CT molecular complexity index is 1300. The van der Waals surface area contributed by atoms with Gasteiger partial charge in [0.15, 0.2) is 0 Å². The summed E-state index contributed by atoms with van der Waals surface area (Å²) in [4.78, 5) is 26.8. The molecule has 0 bridgehead atoms. The standard InChI is InChI=1S/C25H24N6O2/c26-20-10-19(12-28-14-20)18-9-17-11-24(30-15-23(17)29-13-18)31-7-5-22(6-8-31)33-21-3-1-16(2-4-21)25(27)32/h1-4,9-15,22H,5-8,26H2,(H2,27,32). The summed E-state index contributed by atoms with van der Waals surface area (Å²) < 4.78 is 6.09. The quantitative estimate of drug-likeness (QED) is 0.488. The summed E-state index contributed by atoms with van der Waals surface area (Å²) in [5.41, 5.74) is 15.0. The Labute approximate surface area is 191 Å². The maximum atomic E-state index is 11.2. The molecule has 5 rings (SSSR count). The van der Waals surface area contributed by atoms with E-state index in [-0.39, 0.29) is 6.10 Å². The first-order valence-corrected chi connectivity index (χ1v) is 10.8. The van der Waals surface area contributed by atoms with E-state index in [9.17, 15) is 4.79 Å². The third kappa shape index (κ3) is 4.55. The molecule has 0 spiro atoms. The maximum absolute atomic E-state index is 11.2. The number of amides is 1. The largest absolute Gasteiger partial charge is 0.490 e. The molecule has 1 aliphatic rings. The molecule has 4 aromatic rings. The maximum Gasteiger partial charge on any atom is 0.248 e. The lowest BCUT2D eigenvalue weighted by atomic mass is 10.1. The van der Waals surface area contributed by atoms with Crippen molar-refractivity contribution < 1.29 is 9.53 Å². The average Bonchev–Trinajstić information content (AvgIpc) is 2.84. The van der Waals surface area contributed by atoms with Crippen LogP contribution in [-0.2, 0) is 0 Å². The second-order valence-electron chi connectivity index (χ2n) is 8.16. The third-order valence-corrected chi connectivity index (χ3v) is 5.85. The van der Waals surface area contributed by atoms with Crippen LogP contribution in [0.5, 0.6) is 5.75 Å². The number of piperidine rings is 1. The number of carbonyl (C=O) groups excluding carboxylic acids is 1. The van der Waals surface area contributed by atoms with E-state index in [1.165, 1.54) is 0 Å². The van der Waals surface area contributed by atoms with E-state index in [4.69, 9.17) is 16.2 Å². The normalized spacial score (nSPS) is 14.4. The van der Waals surface area contributed by atoms with Gasteiger partial charge < -0.3 is 21.1 Å². The van der Waals surface area contributed by atoms with Crippen LogP contribution in [0.4, 0.5) is 11.5 Å². The first-order valence-electron chi connectivity index (χ1n) is 10.8. The van der Waals surface area contributed by atoms with Gasteiger partial charge >= 0.3 is 0 Å². The fourth-order valence-corrected chi connectivity index (χ4v) is 4.06. The minimum Gasteiger partial charge on any atom is -0.490 e. The SMILES string of the molecule is NC(=O)c1ccc(OC2CCN(c3cc4cc(-c5cncc(N)c5)cnc4cn3)CC2)cc1. The van der Waals surface area contributed by atoms with Crippen molar-refractivity contribution in [3.8, 4) is 16.9 Å². The predicted molar refractivity (Wildman–Crippen MR) is 128 cm³/mol. The molecule has 0 saturated carbocycles. The van der Waals surface area contributed by atoms with E-state index >= 15 is 0 Å². The third-order valence-electron chi connectivity index (χ3n) is 5.85. The van der Waals surface area contributed by atoms with Gasteiger partial charge in [0.05, 0.1) is 17.4 Å². The number of rotatable bonds is 5. The van der Waals surface area contributed by atoms with Crippen molar-refractivity contribution in [2.45, 2.75) is 18.9 Å². The molecule has 0 unspecified atom stereocenters. The zero-order valence-electron chi connectivity index (χ0n) is 18.0. The van der Waals surface area contributed by atoms with Gasteiger partial charge in [0.25, 0.3) is 0 Å². The number of benzene rings is 1. The van der Waals surface area contributed by atoms with E-state index < -0.39 is 5.91 Å². The van der Waals surface area contributed by atoms with E-state index in [1.807, 2.05) is 18.5 Å². The highest BCUT2D eigenvalue weighted by Gasteiger charge is 2.22. The second-order valence-corrected chi connectivity index (χ2v) is 8.16. The lowest BCUT2D eigenvalue weighted by Crippen LogP contribution is -2.38. The summed E-state index contributed by atoms with van der Waals surface area (Å²) in [5, 5.41) is 1.02. The van der Waals surface area contributed by atoms with Crippen LogP contribution in [-0.4, -0.2) is 40.1 Å². The van der Waals surface area contributed by atoms with Crippen molar-refractivity contribution in [3.63, 3.8) is 0 Å². The molecule has 1 aromatic carbocycles. The van der Waals surface area contributed by atoms with Crippen LogP contribution in [0.25, 0.3) is 22.0 Å². The molecule has 1 saturated heterocycles. The van der Waals surface area contributed by atoms with Gasteiger partial charge in [-0.1, -0.05) is 0 Å². The molecule has 0 aliphatic carbocycles.